The number of rotatable bonds is 4. The van der Waals surface area contributed by atoms with E-state index in [4.69, 9.17) is 13.9 Å². The first-order valence-electron chi connectivity index (χ1n) is 10.2. The molecule has 4 rings (SSSR count). The number of nitrogens with one attached hydrogen (secondary N) is 1. The van der Waals surface area contributed by atoms with E-state index in [9.17, 15) is 14.4 Å². The Hall–Kier alpha value is -3.16. The van der Waals surface area contributed by atoms with E-state index in [1.807, 2.05) is 6.92 Å². The highest BCUT2D eigenvalue weighted by Gasteiger charge is 2.55. The van der Waals surface area contributed by atoms with E-state index in [0.717, 1.165) is 6.42 Å². The van der Waals surface area contributed by atoms with E-state index in [2.05, 4.69) is 10.3 Å². The number of amides is 1. The highest BCUT2D eigenvalue weighted by molar-refractivity contribution is 6.02. The van der Waals surface area contributed by atoms with Crippen LogP contribution in [0.1, 0.15) is 49.9 Å². The van der Waals surface area contributed by atoms with Crippen molar-refractivity contribution < 1.29 is 23.5 Å². The SMILES string of the molecule is CCCNC(=O)O[C@@H]1CCCC2C(=O)c3c(cc(-c4cccnc4)oc3=O)O[C@]21C. The number of fused-ring (bicyclic) bond motifs is 2. The summed E-state index contributed by atoms with van der Waals surface area (Å²) < 4.78 is 17.3. The number of aromatic nitrogens is 1. The van der Waals surface area contributed by atoms with Crippen LogP contribution in [0.5, 0.6) is 5.75 Å². The van der Waals surface area contributed by atoms with Gasteiger partial charge in [0.05, 0.1) is 5.92 Å². The van der Waals surface area contributed by atoms with Crippen LogP contribution in [0, 0.1) is 5.92 Å². The highest BCUT2D eigenvalue weighted by atomic mass is 16.6. The van der Waals surface area contributed by atoms with Gasteiger partial charge in [0.25, 0.3) is 0 Å². The average Bonchev–Trinajstić information content (AvgIpc) is 2.73. The smallest absolute Gasteiger partial charge is 0.407 e. The zero-order valence-electron chi connectivity index (χ0n) is 17.0. The number of ketones is 1. The Kier molecular flexibility index (Phi) is 5.32. The summed E-state index contributed by atoms with van der Waals surface area (Å²) in [6, 6.07) is 5.01. The number of alkyl carbamates (subject to hydrolysis) is 1. The molecule has 158 valence electrons. The first-order valence-corrected chi connectivity index (χ1v) is 10.2. The molecule has 0 spiro atoms. The van der Waals surface area contributed by atoms with Gasteiger partial charge in [-0.25, -0.2) is 9.59 Å². The minimum atomic E-state index is -1.06. The molecule has 30 heavy (non-hydrogen) atoms. The van der Waals surface area contributed by atoms with Gasteiger partial charge >= 0.3 is 11.7 Å². The number of nitrogens with zero attached hydrogens (tertiary/aromatic N) is 1. The van der Waals surface area contributed by atoms with E-state index < -0.39 is 29.3 Å². The van der Waals surface area contributed by atoms with Crippen LogP contribution in [-0.2, 0) is 4.74 Å². The van der Waals surface area contributed by atoms with E-state index in [1.54, 1.807) is 31.5 Å². The Morgan fingerprint density at radius 2 is 2.20 bits per heavy atom. The second-order valence-corrected chi connectivity index (χ2v) is 7.83. The summed E-state index contributed by atoms with van der Waals surface area (Å²) >= 11 is 0. The Balaban J connectivity index is 1.71. The van der Waals surface area contributed by atoms with Gasteiger partial charge in [0, 0.05) is 30.6 Å². The maximum Gasteiger partial charge on any atom is 0.407 e. The van der Waals surface area contributed by atoms with Crippen LogP contribution in [0.15, 0.2) is 39.8 Å². The van der Waals surface area contributed by atoms with Crippen molar-refractivity contribution in [2.45, 2.75) is 51.2 Å². The minimum absolute atomic E-state index is 0.0822. The molecule has 2 aromatic heterocycles. The van der Waals surface area contributed by atoms with Gasteiger partial charge in [-0.05, 0) is 44.7 Å². The molecule has 0 aromatic carbocycles. The van der Waals surface area contributed by atoms with Crippen molar-refractivity contribution in [3.8, 4) is 17.1 Å². The molecule has 0 radical (unpaired) electrons. The molecule has 8 nitrogen and oxygen atoms in total. The highest BCUT2D eigenvalue weighted by Crippen LogP contribution is 2.46. The molecule has 2 aliphatic rings. The molecule has 1 amide bonds. The molecule has 2 aromatic rings. The molecule has 0 bridgehead atoms. The number of Topliss-reactive ketones (excluding diaryl/α,β-unsaturated/α-hetero) is 1. The summed E-state index contributed by atoms with van der Waals surface area (Å²) in [7, 11) is 0. The lowest BCUT2D eigenvalue weighted by atomic mass is 9.69. The van der Waals surface area contributed by atoms with E-state index >= 15 is 0 Å². The van der Waals surface area contributed by atoms with Crippen molar-refractivity contribution in [2.24, 2.45) is 5.92 Å². The molecular weight excluding hydrogens is 388 g/mol. The van der Waals surface area contributed by atoms with Crippen LogP contribution in [0.25, 0.3) is 11.3 Å². The lowest BCUT2D eigenvalue weighted by Gasteiger charge is -2.47. The number of carbonyl (C=O) groups is 2. The summed E-state index contributed by atoms with van der Waals surface area (Å²) in [6.07, 6.45) is 4.63. The zero-order chi connectivity index (χ0) is 21.3. The predicted molar refractivity (Wildman–Crippen MR) is 107 cm³/mol. The molecule has 8 heteroatoms. The first kappa shape index (κ1) is 20.1. The van der Waals surface area contributed by atoms with Crippen molar-refractivity contribution in [3.63, 3.8) is 0 Å². The number of hydrogen-bond acceptors (Lipinski definition) is 7. The number of carbonyl (C=O) groups excluding carboxylic acids is 2. The fourth-order valence-electron chi connectivity index (χ4n) is 4.24. The summed E-state index contributed by atoms with van der Waals surface area (Å²) in [6.45, 7) is 4.22. The first-order chi connectivity index (χ1) is 14.4. The van der Waals surface area contributed by atoms with Gasteiger partial charge in [0.1, 0.15) is 23.2 Å². The topological polar surface area (TPSA) is 108 Å². The maximum atomic E-state index is 13.2. The van der Waals surface area contributed by atoms with Gasteiger partial charge in [-0.2, -0.15) is 0 Å². The molecule has 1 aliphatic carbocycles. The average molecular weight is 412 g/mol. The Labute approximate surface area is 173 Å². The molecule has 1 unspecified atom stereocenters. The van der Waals surface area contributed by atoms with Gasteiger partial charge in [0.2, 0.25) is 0 Å². The summed E-state index contributed by atoms with van der Waals surface area (Å²) in [5, 5.41) is 2.69. The van der Waals surface area contributed by atoms with Crippen molar-refractivity contribution >= 4 is 11.9 Å². The summed E-state index contributed by atoms with van der Waals surface area (Å²) in [4.78, 5) is 42.1. The van der Waals surface area contributed by atoms with Gasteiger partial charge in [0.15, 0.2) is 11.4 Å². The Morgan fingerprint density at radius 3 is 2.93 bits per heavy atom. The molecular formula is C22H24N2O6. The lowest BCUT2D eigenvalue weighted by molar-refractivity contribution is -0.103. The minimum Gasteiger partial charge on any atom is -0.482 e. The molecule has 3 heterocycles. The third kappa shape index (κ3) is 3.46. The second-order valence-electron chi connectivity index (χ2n) is 7.83. The molecule has 1 saturated carbocycles. The third-order valence-electron chi connectivity index (χ3n) is 5.81. The van der Waals surface area contributed by atoms with E-state index in [-0.39, 0.29) is 22.9 Å². The maximum absolute atomic E-state index is 13.2. The van der Waals surface area contributed by atoms with Gasteiger partial charge < -0.3 is 19.2 Å². The van der Waals surface area contributed by atoms with Crippen LogP contribution in [0.4, 0.5) is 4.79 Å². The normalized spacial score (nSPS) is 24.9. The summed E-state index contributed by atoms with van der Waals surface area (Å²) in [5.74, 6) is -0.503. The quantitative estimate of drug-likeness (QED) is 0.820. The van der Waals surface area contributed by atoms with Crippen molar-refractivity contribution in [1.82, 2.24) is 10.3 Å². The molecule has 0 saturated heterocycles. The fourth-order valence-corrected chi connectivity index (χ4v) is 4.24. The predicted octanol–water partition coefficient (Wildman–Crippen LogP) is 3.34. The fraction of sp³-hybridized carbons (Fsp3) is 0.455. The van der Waals surface area contributed by atoms with Crippen LogP contribution < -0.4 is 15.7 Å². The van der Waals surface area contributed by atoms with Gasteiger partial charge in [-0.1, -0.05) is 6.92 Å². The van der Waals surface area contributed by atoms with E-state index in [0.29, 0.717) is 31.4 Å². The van der Waals surface area contributed by atoms with Crippen LogP contribution in [0.2, 0.25) is 0 Å². The van der Waals surface area contributed by atoms with Crippen LogP contribution in [0.3, 0.4) is 0 Å². The lowest BCUT2D eigenvalue weighted by Crippen LogP contribution is -2.60. The molecule has 1 fully saturated rings. The largest absolute Gasteiger partial charge is 0.482 e. The number of ether oxygens (including phenoxy) is 2. The molecule has 1 N–H and O–H groups in total. The standard InChI is InChI=1S/C22H24N2O6/c1-3-9-24-21(27)29-17-8-4-7-14-19(25)18-16(30-22(14,17)2)11-15(28-20(18)26)13-6-5-10-23-12-13/h5-6,10-12,14,17H,3-4,7-9H2,1-2H3,(H,24,27)/t14?,17-,22-/m1/s1. The van der Waals surface area contributed by atoms with Gasteiger partial charge in [-0.15, -0.1) is 0 Å². The summed E-state index contributed by atoms with van der Waals surface area (Å²) in [5.41, 5.74) is -1.29. The van der Waals surface area contributed by atoms with Crippen molar-refractivity contribution in [1.29, 1.82) is 0 Å². The Bertz CT molecular complexity index is 1020. The van der Waals surface area contributed by atoms with E-state index in [1.165, 1.54) is 6.07 Å². The Morgan fingerprint density at radius 1 is 1.37 bits per heavy atom. The van der Waals surface area contributed by atoms with Crippen molar-refractivity contribution in [2.75, 3.05) is 6.54 Å². The zero-order valence-corrected chi connectivity index (χ0v) is 17.0. The molecule has 1 aliphatic heterocycles. The third-order valence-corrected chi connectivity index (χ3v) is 5.81. The monoisotopic (exact) mass is 412 g/mol. The van der Waals surface area contributed by atoms with Crippen LogP contribution >= 0.6 is 0 Å². The number of hydrogen-bond donors (Lipinski definition) is 1. The molecule has 3 atom stereocenters. The van der Waals surface area contributed by atoms with Gasteiger partial charge in [-0.3, -0.25) is 9.78 Å². The second kappa shape index (κ2) is 7.93. The van der Waals surface area contributed by atoms with Crippen molar-refractivity contribution in [3.05, 3.63) is 46.6 Å². The number of pyridine rings is 1. The van der Waals surface area contributed by atoms with Crippen LogP contribution in [-0.4, -0.2) is 35.1 Å².